The first-order chi connectivity index (χ1) is 23.5. The summed E-state index contributed by atoms with van der Waals surface area (Å²) in [6, 6.07) is -0.979. The standard InChI is InChI=1S/C42H83NO5/c1-3-5-7-9-11-12-13-14-15-16-17-18-19-20-21-22-23-24-25-26-27-28-29-30-32-34-36-40(46)42(48)43-38(37-44)41(47)39(45)35-33-31-10-8-6-4-2/h20-21,38-41,44-47H,3-19,22-37H2,1-2H3,(H,43,48)/b21-20-. The summed E-state index contributed by atoms with van der Waals surface area (Å²) in [5.74, 6) is -0.588. The molecule has 0 aliphatic rings. The molecule has 0 aromatic rings. The van der Waals surface area contributed by atoms with E-state index in [1.807, 2.05) is 0 Å². The van der Waals surface area contributed by atoms with Crippen LogP contribution in [0.15, 0.2) is 12.2 Å². The first-order valence-electron chi connectivity index (χ1n) is 21.1. The molecule has 4 unspecified atom stereocenters. The zero-order valence-electron chi connectivity index (χ0n) is 32.0. The summed E-state index contributed by atoms with van der Waals surface area (Å²) < 4.78 is 0. The van der Waals surface area contributed by atoms with Crippen molar-refractivity contribution in [3.8, 4) is 0 Å². The Morgan fingerprint density at radius 3 is 1.21 bits per heavy atom. The lowest BCUT2D eigenvalue weighted by Crippen LogP contribution is -2.53. The van der Waals surface area contributed by atoms with Crippen LogP contribution in [0.4, 0.5) is 0 Å². The molecule has 5 N–H and O–H groups in total. The molecule has 286 valence electrons. The number of hydrogen-bond acceptors (Lipinski definition) is 5. The summed E-state index contributed by atoms with van der Waals surface area (Å²) in [4.78, 5) is 12.4. The van der Waals surface area contributed by atoms with Crippen molar-refractivity contribution in [3.63, 3.8) is 0 Å². The van der Waals surface area contributed by atoms with E-state index in [9.17, 15) is 25.2 Å². The Labute approximate surface area is 298 Å². The lowest BCUT2D eigenvalue weighted by Gasteiger charge is -2.27. The van der Waals surface area contributed by atoms with Crippen molar-refractivity contribution >= 4 is 5.91 Å². The van der Waals surface area contributed by atoms with Crippen molar-refractivity contribution in [1.82, 2.24) is 5.32 Å². The maximum absolute atomic E-state index is 12.4. The number of unbranched alkanes of at least 4 members (excludes halogenated alkanes) is 27. The van der Waals surface area contributed by atoms with Gasteiger partial charge >= 0.3 is 0 Å². The third-order valence-electron chi connectivity index (χ3n) is 9.98. The first-order valence-corrected chi connectivity index (χ1v) is 21.1. The molecule has 0 rings (SSSR count). The third-order valence-corrected chi connectivity index (χ3v) is 9.98. The van der Waals surface area contributed by atoms with Crippen molar-refractivity contribution in [2.24, 2.45) is 0 Å². The molecular weight excluding hydrogens is 598 g/mol. The maximum atomic E-state index is 12.4. The minimum absolute atomic E-state index is 0.369. The Bertz CT molecular complexity index is 687. The lowest BCUT2D eigenvalue weighted by atomic mass is 9.99. The van der Waals surface area contributed by atoms with Gasteiger partial charge in [-0.25, -0.2) is 0 Å². The normalized spacial score (nSPS) is 14.4. The van der Waals surface area contributed by atoms with E-state index in [1.165, 1.54) is 154 Å². The molecule has 0 aromatic carbocycles. The Kier molecular flexibility index (Phi) is 36.6. The third kappa shape index (κ3) is 31.1. The highest BCUT2D eigenvalue weighted by Gasteiger charge is 2.28. The van der Waals surface area contributed by atoms with Gasteiger partial charge in [0, 0.05) is 0 Å². The van der Waals surface area contributed by atoms with Crippen LogP contribution < -0.4 is 5.32 Å². The predicted octanol–water partition coefficient (Wildman–Crippen LogP) is 10.6. The van der Waals surface area contributed by atoms with Crippen molar-refractivity contribution in [2.75, 3.05) is 6.61 Å². The van der Waals surface area contributed by atoms with Crippen molar-refractivity contribution in [1.29, 1.82) is 0 Å². The summed E-state index contributed by atoms with van der Waals surface area (Å²) in [7, 11) is 0. The molecule has 0 aromatic heterocycles. The number of allylic oxidation sites excluding steroid dienone is 2. The molecule has 0 saturated carbocycles. The largest absolute Gasteiger partial charge is 0.394 e. The summed E-state index contributed by atoms with van der Waals surface area (Å²) in [6.45, 7) is 3.97. The van der Waals surface area contributed by atoms with Gasteiger partial charge in [0.15, 0.2) is 0 Å². The molecule has 0 spiro atoms. The van der Waals surface area contributed by atoms with Crippen LogP contribution in [-0.2, 0) is 4.79 Å². The SMILES string of the molecule is CCCCCCCCCCCCCC/C=C\CCCCCCCCCCCCC(O)C(=O)NC(CO)C(O)C(O)CCCCCCCC. The van der Waals surface area contributed by atoms with Crippen LogP contribution in [0.1, 0.15) is 219 Å². The maximum Gasteiger partial charge on any atom is 0.249 e. The van der Waals surface area contributed by atoms with E-state index in [4.69, 9.17) is 0 Å². The molecule has 6 heteroatoms. The van der Waals surface area contributed by atoms with Gasteiger partial charge in [0.25, 0.3) is 0 Å². The van der Waals surface area contributed by atoms with Crippen LogP contribution in [0.3, 0.4) is 0 Å². The van der Waals surface area contributed by atoms with Crippen molar-refractivity contribution in [3.05, 3.63) is 12.2 Å². The van der Waals surface area contributed by atoms with Gasteiger partial charge in [-0.05, 0) is 38.5 Å². The molecule has 0 radical (unpaired) electrons. The molecule has 0 bridgehead atoms. The fourth-order valence-corrected chi connectivity index (χ4v) is 6.57. The summed E-state index contributed by atoms with van der Waals surface area (Å²) in [5, 5.41) is 43.2. The van der Waals surface area contributed by atoms with Gasteiger partial charge in [-0.1, -0.05) is 193 Å². The zero-order valence-corrected chi connectivity index (χ0v) is 32.0. The summed E-state index contributed by atoms with van der Waals surface area (Å²) >= 11 is 0. The van der Waals surface area contributed by atoms with E-state index < -0.39 is 36.9 Å². The fraction of sp³-hybridized carbons (Fsp3) is 0.929. The molecule has 1 amide bonds. The highest BCUT2D eigenvalue weighted by atomic mass is 16.3. The Balaban J connectivity index is 3.58. The minimum atomic E-state index is -1.25. The highest BCUT2D eigenvalue weighted by Crippen LogP contribution is 2.16. The highest BCUT2D eigenvalue weighted by molar-refractivity contribution is 5.80. The van der Waals surface area contributed by atoms with Crippen LogP contribution in [0.2, 0.25) is 0 Å². The van der Waals surface area contributed by atoms with Gasteiger partial charge in [-0.2, -0.15) is 0 Å². The quantitative estimate of drug-likeness (QED) is 0.0329. The van der Waals surface area contributed by atoms with Crippen LogP contribution in [0, 0.1) is 0 Å². The predicted molar refractivity (Wildman–Crippen MR) is 205 cm³/mol. The Morgan fingerprint density at radius 1 is 0.500 bits per heavy atom. The summed E-state index contributed by atoms with van der Waals surface area (Å²) in [6.07, 6.45) is 40.0. The molecule has 0 aliphatic carbocycles. The van der Waals surface area contributed by atoms with Gasteiger partial charge in [0.1, 0.15) is 12.2 Å². The number of carbonyl (C=O) groups excluding carboxylic acids is 1. The Morgan fingerprint density at radius 2 is 0.833 bits per heavy atom. The minimum Gasteiger partial charge on any atom is -0.394 e. The number of hydrogen-bond donors (Lipinski definition) is 5. The average molecular weight is 682 g/mol. The molecule has 6 nitrogen and oxygen atoms in total. The molecule has 4 atom stereocenters. The Hall–Kier alpha value is -0.950. The van der Waals surface area contributed by atoms with Crippen LogP contribution in [-0.4, -0.2) is 57.3 Å². The van der Waals surface area contributed by atoms with Crippen LogP contribution in [0.25, 0.3) is 0 Å². The number of rotatable bonds is 38. The number of aliphatic hydroxyl groups is 4. The number of carbonyl (C=O) groups is 1. The van der Waals surface area contributed by atoms with E-state index in [2.05, 4.69) is 31.3 Å². The van der Waals surface area contributed by atoms with Gasteiger partial charge < -0.3 is 25.7 Å². The number of aliphatic hydroxyl groups excluding tert-OH is 4. The second kappa shape index (κ2) is 37.3. The summed E-state index contributed by atoms with van der Waals surface area (Å²) in [5.41, 5.74) is 0. The van der Waals surface area contributed by atoms with Crippen molar-refractivity contribution < 1.29 is 25.2 Å². The van der Waals surface area contributed by atoms with E-state index in [-0.39, 0.29) is 0 Å². The number of amides is 1. The smallest absolute Gasteiger partial charge is 0.249 e. The van der Waals surface area contributed by atoms with Gasteiger partial charge in [0.2, 0.25) is 5.91 Å². The monoisotopic (exact) mass is 682 g/mol. The van der Waals surface area contributed by atoms with Gasteiger partial charge in [-0.3, -0.25) is 4.79 Å². The fourth-order valence-electron chi connectivity index (χ4n) is 6.57. The molecular formula is C42H83NO5. The van der Waals surface area contributed by atoms with Gasteiger partial charge in [0.05, 0.1) is 18.8 Å². The topological polar surface area (TPSA) is 110 Å². The molecule has 0 fully saturated rings. The van der Waals surface area contributed by atoms with Crippen LogP contribution in [0.5, 0.6) is 0 Å². The second-order valence-electron chi connectivity index (χ2n) is 14.7. The average Bonchev–Trinajstić information content (AvgIpc) is 3.09. The molecule has 0 aliphatic heterocycles. The van der Waals surface area contributed by atoms with E-state index in [1.54, 1.807) is 0 Å². The van der Waals surface area contributed by atoms with Gasteiger partial charge in [-0.15, -0.1) is 0 Å². The number of nitrogens with one attached hydrogen (secondary N) is 1. The first kappa shape index (κ1) is 47.0. The molecule has 48 heavy (non-hydrogen) atoms. The van der Waals surface area contributed by atoms with Crippen molar-refractivity contribution in [2.45, 2.75) is 244 Å². The second-order valence-corrected chi connectivity index (χ2v) is 14.7. The van der Waals surface area contributed by atoms with E-state index >= 15 is 0 Å². The van der Waals surface area contributed by atoms with E-state index in [0.717, 1.165) is 38.5 Å². The molecule has 0 saturated heterocycles. The zero-order chi connectivity index (χ0) is 35.3. The molecule has 0 heterocycles. The van der Waals surface area contributed by atoms with Crippen LogP contribution >= 0.6 is 0 Å². The van der Waals surface area contributed by atoms with E-state index in [0.29, 0.717) is 12.8 Å². The lowest BCUT2D eigenvalue weighted by molar-refractivity contribution is -0.132.